The van der Waals surface area contributed by atoms with E-state index >= 15 is 0 Å². The first-order valence-corrected chi connectivity index (χ1v) is 13.0. The standard InChI is InChI=1S/C28H30N8O2/c1-20(37)6-4-5-13-35-19-29-25-26(35)31-28(32-27(25)36-24-8-3-2-7-21(24)18-30-36)34-16-14-33(15-17-34)22-9-11-23(38)12-10-22/h2-3,7-12,18-19,38H,4-6,13-17H2,1H3. The number of Topliss-reactive ketones (excluding diaryl/α,β-unsaturated/α-hetero) is 1. The lowest BCUT2D eigenvalue weighted by molar-refractivity contribution is -0.117. The van der Waals surface area contributed by atoms with Crippen LogP contribution in [0.1, 0.15) is 26.2 Å². The quantitative estimate of drug-likeness (QED) is 0.313. The number of hydrogen-bond acceptors (Lipinski definition) is 8. The van der Waals surface area contributed by atoms with Crippen molar-refractivity contribution in [2.24, 2.45) is 0 Å². The van der Waals surface area contributed by atoms with E-state index in [0.29, 0.717) is 23.7 Å². The number of aromatic nitrogens is 6. The van der Waals surface area contributed by atoms with Gasteiger partial charge in [0, 0.05) is 50.2 Å². The van der Waals surface area contributed by atoms with E-state index in [1.807, 2.05) is 53.6 Å². The number of anilines is 2. The molecule has 0 unspecified atom stereocenters. The molecule has 3 aromatic heterocycles. The van der Waals surface area contributed by atoms with Crippen LogP contribution in [0.15, 0.2) is 61.1 Å². The van der Waals surface area contributed by atoms with Gasteiger partial charge in [-0.1, -0.05) is 18.2 Å². The highest BCUT2D eigenvalue weighted by Gasteiger charge is 2.23. The number of unbranched alkanes of at least 4 members (excludes halogenated alkanes) is 1. The summed E-state index contributed by atoms with van der Waals surface area (Å²) in [6, 6.07) is 15.4. The zero-order valence-electron chi connectivity index (χ0n) is 21.4. The fourth-order valence-electron chi connectivity index (χ4n) is 5.00. The molecule has 2 aromatic carbocycles. The van der Waals surface area contributed by atoms with Crippen molar-refractivity contribution in [3.8, 4) is 11.6 Å². The van der Waals surface area contributed by atoms with Crippen LogP contribution in [-0.2, 0) is 11.3 Å². The number of imidazole rings is 1. The van der Waals surface area contributed by atoms with E-state index in [4.69, 9.17) is 15.0 Å². The molecule has 1 N–H and O–H groups in total. The second-order valence-corrected chi connectivity index (χ2v) is 9.72. The molecule has 194 valence electrons. The van der Waals surface area contributed by atoms with E-state index in [1.165, 1.54) is 0 Å². The minimum absolute atomic E-state index is 0.212. The summed E-state index contributed by atoms with van der Waals surface area (Å²) in [7, 11) is 0. The Hall–Kier alpha value is -4.47. The van der Waals surface area contributed by atoms with Crippen LogP contribution in [0.3, 0.4) is 0 Å². The summed E-state index contributed by atoms with van der Waals surface area (Å²) < 4.78 is 3.91. The van der Waals surface area contributed by atoms with Gasteiger partial charge in [0.05, 0.1) is 18.0 Å². The van der Waals surface area contributed by atoms with Gasteiger partial charge in [-0.25, -0.2) is 9.67 Å². The van der Waals surface area contributed by atoms with Gasteiger partial charge in [-0.2, -0.15) is 15.1 Å². The number of aromatic hydroxyl groups is 1. The molecule has 0 saturated carbocycles. The van der Waals surface area contributed by atoms with Gasteiger partial charge in [-0.15, -0.1) is 0 Å². The Morgan fingerprint density at radius 1 is 0.947 bits per heavy atom. The monoisotopic (exact) mass is 510 g/mol. The number of benzene rings is 2. The topological polar surface area (TPSA) is 105 Å². The Kier molecular flexibility index (Phi) is 6.36. The Morgan fingerprint density at radius 2 is 1.71 bits per heavy atom. The van der Waals surface area contributed by atoms with Crippen LogP contribution >= 0.6 is 0 Å². The molecule has 0 amide bonds. The normalized spacial score (nSPS) is 14.0. The van der Waals surface area contributed by atoms with Gasteiger partial charge in [-0.3, -0.25) is 0 Å². The number of carbonyl (C=O) groups excluding carboxylic acids is 1. The second kappa shape index (κ2) is 10.1. The molecule has 0 aliphatic carbocycles. The van der Waals surface area contributed by atoms with E-state index in [-0.39, 0.29) is 11.5 Å². The maximum Gasteiger partial charge on any atom is 0.229 e. The lowest BCUT2D eigenvalue weighted by atomic mass is 10.2. The molecular formula is C28H30N8O2. The number of fused-ring (bicyclic) bond motifs is 2. The summed E-state index contributed by atoms with van der Waals surface area (Å²) in [5, 5.41) is 15.3. The summed E-state index contributed by atoms with van der Waals surface area (Å²) in [4.78, 5) is 30.6. The Labute approximate surface area is 220 Å². The number of rotatable bonds is 8. The third-order valence-electron chi connectivity index (χ3n) is 7.07. The SMILES string of the molecule is CC(=O)CCCCn1cnc2c(-n3ncc4ccccc43)nc(N3CCN(c4ccc(O)cc4)CC3)nc21. The number of aryl methyl sites for hydroxylation is 1. The number of hydrogen-bond donors (Lipinski definition) is 1. The molecule has 1 fully saturated rings. The Balaban J connectivity index is 1.34. The summed E-state index contributed by atoms with van der Waals surface area (Å²) in [6.45, 7) is 5.52. The Bertz CT molecular complexity index is 1580. The summed E-state index contributed by atoms with van der Waals surface area (Å²) in [5.41, 5.74) is 3.53. The number of nitrogens with zero attached hydrogens (tertiary/aromatic N) is 8. The van der Waals surface area contributed by atoms with E-state index in [2.05, 4.69) is 19.5 Å². The number of ketones is 1. The second-order valence-electron chi connectivity index (χ2n) is 9.72. The van der Waals surface area contributed by atoms with Crippen molar-refractivity contribution in [1.29, 1.82) is 0 Å². The molecule has 5 aromatic rings. The van der Waals surface area contributed by atoms with Crippen LogP contribution < -0.4 is 9.80 Å². The predicted octanol–water partition coefficient (Wildman–Crippen LogP) is 3.96. The molecule has 38 heavy (non-hydrogen) atoms. The van der Waals surface area contributed by atoms with Gasteiger partial charge in [0.2, 0.25) is 5.95 Å². The fourth-order valence-corrected chi connectivity index (χ4v) is 5.00. The number of carbonyl (C=O) groups is 1. The molecule has 0 spiro atoms. The zero-order chi connectivity index (χ0) is 26.1. The van der Waals surface area contributed by atoms with E-state index < -0.39 is 0 Å². The minimum Gasteiger partial charge on any atom is -0.508 e. The van der Waals surface area contributed by atoms with Crippen molar-refractivity contribution in [1.82, 2.24) is 29.3 Å². The highest BCUT2D eigenvalue weighted by Crippen LogP contribution is 2.27. The summed E-state index contributed by atoms with van der Waals surface area (Å²) in [6.07, 6.45) is 5.95. The average molecular weight is 511 g/mol. The third-order valence-corrected chi connectivity index (χ3v) is 7.07. The molecule has 1 aliphatic rings. The molecule has 10 nitrogen and oxygen atoms in total. The van der Waals surface area contributed by atoms with Crippen molar-refractivity contribution in [2.45, 2.75) is 32.7 Å². The van der Waals surface area contributed by atoms with Crippen molar-refractivity contribution in [3.05, 3.63) is 61.1 Å². The van der Waals surface area contributed by atoms with Gasteiger partial charge in [-0.05, 0) is 50.1 Å². The molecule has 10 heteroatoms. The van der Waals surface area contributed by atoms with Gasteiger partial charge in [0.15, 0.2) is 17.0 Å². The van der Waals surface area contributed by atoms with Gasteiger partial charge >= 0.3 is 0 Å². The van der Waals surface area contributed by atoms with Crippen LogP contribution in [0.5, 0.6) is 5.75 Å². The minimum atomic E-state index is 0.212. The lowest BCUT2D eigenvalue weighted by Crippen LogP contribution is -2.47. The Morgan fingerprint density at radius 3 is 2.50 bits per heavy atom. The van der Waals surface area contributed by atoms with Gasteiger partial charge in [0.1, 0.15) is 11.5 Å². The molecule has 1 aliphatic heterocycles. The largest absolute Gasteiger partial charge is 0.508 e. The maximum atomic E-state index is 11.4. The van der Waals surface area contributed by atoms with Crippen LogP contribution in [0.4, 0.5) is 11.6 Å². The van der Waals surface area contributed by atoms with Crippen LogP contribution in [0.25, 0.3) is 27.9 Å². The number of phenols is 1. The smallest absolute Gasteiger partial charge is 0.229 e. The predicted molar refractivity (Wildman–Crippen MR) is 147 cm³/mol. The molecule has 0 atom stereocenters. The van der Waals surface area contributed by atoms with Crippen molar-refractivity contribution < 1.29 is 9.90 Å². The van der Waals surface area contributed by atoms with Crippen LogP contribution in [0, 0.1) is 0 Å². The van der Waals surface area contributed by atoms with E-state index in [1.54, 1.807) is 19.1 Å². The van der Waals surface area contributed by atoms with Gasteiger partial charge < -0.3 is 24.3 Å². The highest BCUT2D eigenvalue weighted by molar-refractivity contribution is 5.85. The van der Waals surface area contributed by atoms with Crippen molar-refractivity contribution in [3.63, 3.8) is 0 Å². The molecule has 0 radical (unpaired) electrons. The highest BCUT2D eigenvalue weighted by atomic mass is 16.3. The molecule has 0 bridgehead atoms. The third kappa shape index (κ3) is 4.65. The molecule has 6 rings (SSSR count). The van der Waals surface area contributed by atoms with Crippen molar-refractivity contribution in [2.75, 3.05) is 36.0 Å². The first-order valence-electron chi connectivity index (χ1n) is 13.0. The fraction of sp³-hybridized carbons (Fsp3) is 0.321. The molecular weight excluding hydrogens is 480 g/mol. The van der Waals surface area contributed by atoms with Gasteiger partial charge in [0.25, 0.3) is 0 Å². The first-order chi connectivity index (χ1) is 18.6. The average Bonchev–Trinajstić information content (AvgIpc) is 3.55. The van der Waals surface area contributed by atoms with E-state index in [0.717, 1.165) is 67.8 Å². The first kappa shape index (κ1) is 23.9. The lowest BCUT2D eigenvalue weighted by Gasteiger charge is -2.36. The molecule has 1 saturated heterocycles. The van der Waals surface area contributed by atoms with Crippen LogP contribution in [0.2, 0.25) is 0 Å². The van der Waals surface area contributed by atoms with Crippen molar-refractivity contribution >= 4 is 39.5 Å². The summed E-state index contributed by atoms with van der Waals surface area (Å²) in [5.74, 6) is 1.80. The number of para-hydroxylation sites is 1. The maximum absolute atomic E-state index is 11.4. The molecule has 4 heterocycles. The van der Waals surface area contributed by atoms with E-state index in [9.17, 15) is 9.90 Å². The number of phenolic OH excluding ortho intramolecular Hbond substituents is 1. The summed E-state index contributed by atoms with van der Waals surface area (Å²) >= 11 is 0. The zero-order valence-corrected chi connectivity index (χ0v) is 21.4. The van der Waals surface area contributed by atoms with Crippen LogP contribution in [-0.4, -0.2) is 66.4 Å². The number of piperazine rings is 1.